The van der Waals surface area contributed by atoms with Gasteiger partial charge in [-0.2, -0.15) is 0 Å². The van der Waals surface area contributed by atoms with Gasteiger partial charge in [-0.05, 0) is 79.8 Å². The van der Waals surface area contributed by atoms with E-state index in [1.165, 1.54) is 41.0 Å². The van der Waals surface area contributed by atoms with Crippen molar-refractivity contribution in [1.82, 2.24) is 9.88 Å². The van der Waals surface area contributed by atoms with E-state index >= 15 is 0 Å². The predicted octanol–water partition coefficient (Wildman–Crippen LogP) is 5.72. The summed E-state index contributed by atoms with van der Waals surface area (Å²) in [5.74, 6) is 0.604. The molecule has 0 spiro atoms. The third kappa shape index (κ3) is 4.30. The van der Waals surface area contributed by atoms with Crippen LogP contribution in [0.2, 0.25) is 0 Å². The van der Waals surface area contributed by atoms with E-state index in [2.05, 4.69) is 56.2 Å². The molecule has 1 aromatic carbocycles. The third-order valence-electron chi connectivity index (χ3n) is 7.00. The fourth-order valence-corrected chi connectivity index (χ4v) is 6.61. The first-order valence-corrected chi connectivity index (χ1v) is 12.1. The minimum atomic E-state index is 0.233. The number of aliphatic hydroxyl groups excluding tert-OH is 1. The molecule has 0 radical (unpaired) electrons. The van der Waals surface area contributed by atoms with Crippen LogP contribution in [-0.4, -0.2) is 41.2 Å². The lowest BCUT2D eigenvalue weighted by Crippen LogP contribution is -2.33. The fraction of sp³-hybridized carbons (Fsp3) is 0.640. The van der Waals surface area contributed by atoms with Crippen LogP contribution in [0.5, 0.6) is 0 Å². The van der Waals surface area contributed by atoms with Crippen molar-refractivity contribution >= 4 is 11.3 Å². The molecule has 1 aliphatic heterocycles. The Bertz CT molecular complexity index is 846. The van der Waals surface area contributed by atoms with Crippen LogP contribution in [0, 0.1) is 0 Å². The van der Waals surface area contributed by atoms with Gasteiger partial charge >= 0.3 is 0 Å². The van der Waals surface area contributed by atoms with Gasteiger partial charge in [-0.3, -0.25) is 0 Å². The molecule has 0 unspecified atom stereocenters. The van der Waals surface area contributed by atoms with Crippen LogP contribution in [0.25, 0.3) is 11.3 Å². The van der Waals surface area contributed by atoms with Crippen molar-refractivity contribution < 1.29 is 5.11 Å². The maximum absolute atomic E-state index is 8.96. The molecule has 0 bridgehead atoms. The smallest absolute Gasteiger partial charge is 0.0964 e. The highest BCUT2D eigenvalue weighted by Crippen LogP contribution is 2.50. The molecule has 3 nitrogen and oxygen atoms in total. The zero-order valence-corrected chi connectivity index (χ0v) is 19.3. The zero-order valence-electron chi connectivity index (χ0n) is 18.5. The molecular weight excluding hydrogens is 376 g/mol. The van der Waals surface area contributed by atoms with Crippen molar-refractivity contribution in [3.8, 4) is 11.3 Å². The zero-order chi connectivity index (χ0) is 20.6. The van der Waals surface area contributed by atoms with Gasteiger partial charge in [-0.1, -0.05) is 39.8 Å². The molecule has 4 heteroatoms. The number of aliphatic hydroxyl groups is 1. The number of benzene rings is 1. The summed E-state index contributed by atoms with van der Waals surface area (Å²) < 4.78 is 0. The third-order valence-corrected chi connectivity index (χ3v) is 8.01. The fourth-order valence-electron chi connectivity index (χ4n) is 5.61. The number of hydrogen-bond donors (Lipinski definition) is 1. The number of fused-ring (bicyclic) bond motifs is 1. The Morgan fingerprint density at radius 3 is 2.52 bits per heavy atom. The Morgan fingerprint density at radius 1 is 1.07 bits per heavy atom. The minimum Gasteiger partial charge on any atom is -0.396 e. The van der Waals surface area contributed by atoms with Gasteiger partial charge in [0.1, 0.15) is 0 Å². The van der Waals surface area contributed by atoms with E-state index in [0.29, 0.717) is 12.5 Å². The molecule has 2 aliphatic rings. The number of unbranched alkanes of at least 4 members (excludes halogenated alkanes) is 1. The summed E-state index contributed by atoms with van der Waals surface area (Å²) in [6.07, 6.45) is 5.64. The summed E-state index contributed by atoms with van der Waals surface area (Å²) >= 11 is 1.84. The number of thiazole rings is 1. The highest BCUT2D eigenvalue weighted by molar-refractivity contribution is 7.10. The van der Waals surface area contributed by atoms with Gasteiger partial charge in [0, 0.05) is 23.5 Å². The molecule has 2 aromatic rings. The molecule has 1 aliphatic carbocycles. The number of nitrogens with zero attached hydrogens (tertiary/aromatic N) is 2. The maximum atomic E-state index is 8.96. The lowest BCUT2D eigenvalue weighted by molar-refractivity contribution is 0.199. The topological polar surface area (TPSA) is 36.4 Å². The summed E-state index contributed by atoms with van der Waals surface area (Å²) in [6.45, 7) is 13.3. The SMILES string of the molecule is CC1(C)CC(C)(C)c2cc(-c3csc(C4CCN(CCCCO)CC4)n3)ccc21. The van der Waals surface area contributed by atoms with E-state index < -0.39 is 0 Å². The molecule has 0 atom stereocenters. The van der Waals surface area contributed by atoms with Crippen molar-refractivity contribution in [2.24, 2.45) is 0 Å². The summed E-state index contributed by atoms with van der Waals surface area (Å²) in [5.41, 5.74) is 5.94. The van der Waals surface area contributed by atoms with Gasteiger partial charge in [0.15, 0.2) is 0 Å². The van der Waals surface area contributed by atoms with Gasteiger partial charge in [0.25, 0.3) is 0 Å². The Labute approximate surface area is 180 Å². The normalized spacial score (nSPS) is 21.4. The molecule has 0 amide bonds. The number of likely N-dealkylation sites (tertiary alicyclic amines) is 1. The van der Waals surface area contributed by atoms with Crippen LogP contribution in [0.3, 0.4) is 0 Å². The molecule has 1 fully saturated rings. The highest BCUT2D eigenvalue weighted by Gasteiger charge is 2.41. The second-order valence-electron chi connectivity index (χ2n) is 10.3. The summed E-state index contributed by atoms with van der Waals surface area (Å²) in [6, 6.07) is 7.04. The lowest BCUT2D eigenvalue weighted by atomic mass is 9.82. The van der Waals surface area contributed by atoms with Gasteiger partial charge < -0.3 is 10.0 Å². The van der Waals surface area contributed by atoms with Crippen LogP contribution in [0.15, 0.2) is 23.6 Å². The van der Waals surface area contributed by atoms with Gasteiger partial charge in [-0.15, -0.1) is 11.3 Å². The molecule has 1 aromatic heterocycles. The van der Waals surface area contributed by atoms with Gasteiger partial charge in [-0.25, -0.2) is 4.98 Å². The number of piperidine rings is 1. The van der Waals surface area contributed by atoms with E-state index in [0.717, 1.165) is 38.2 Å². The molecular formula is C25H36N2OS. The van der Waals surface area contributed by atoms with Crippen molar-refractivity contribution in [2.75, 3.05) is 26.2 Å². The molecule has 1 saturated heterocycles. The van der Waals surface area contributed by atoms with E-state index in [9.17, 15) is 0 Å². The van der Waals surface area contributed by atoms with E-state index in [4.69, 9.17) is 10.1 Å². The van der Waals surface area contributed by atoms with Crippen molar-refractivity contribution in [3.63, 3.8) is 0 Å². The quantitative estimate of drug-likeness (QED) is 0.616. The number of rotatable bonds is 6. The molecule has 29 heavy (non-hydrogen) atoms. The van der Waals surface area contributed by atoms with Crippen LogP contribution in [0.1, 0.15) is 81.9 Å². The van der Waals surface area contributed by atoms with E-state index in [1.807, 2.05) is 11.3 Å². The molecule has 2 heterocycles. The highest BCUT2D eigenvalue weighted by atomic mass is 32.1. The van der Waals surface area contributed by atoms with Crippen molar-refractivity contribution in [3.05, 3.63) is 39.7 Å². The van der Waals surface area contributed by atoms with Gasteiger partial charge in [0.05, 0.1) is 10.7 Å². The minimum absolute atomic E-state index is 0.233. The van der Waals surface area contributed by atoms with Crippen LogP contribution >= 0.6 is 11.3 Å². The van der Waals surface area contributed by atoms with Crippen molar-refractivity contribution in [2.45, 2.75) is 76.5 Å². The van der Waals surface area contributed by atoms with Crippen LogP contribution in [-0.2, 0) is 10.8 Å². The lowest BCUT2D eigenvalue weighted by Gasteiger charge is -2.30. The Balaban J connectivity index is 1.46. The van der Waals surface area contributed by atoms with E-state index in [-0.39, 0.29) is 10.8 Å². The first-order chi connectivity index (χ1) is 13.8. The Kier molecular flexibility index (Phi) is 5.89. The second-order valence-corrected chi connectivity index (χ2v) is 11.2. The average molecular weight is 413 g/mol. The first kappa shape index (κ1) is 21.0. The molecule has 1 N–H and O–H groups in total. The van der Waals surface area contributed by atoms with Gasteiger partial charge in [0.2, 0.25) is 0 Å². The monoisotopic (exact) mass is 412 g/mol. The summed E-state index contributed by atoms with van der Waals surface area (Å²) in [7, 11) is 0. The Morgan fingerprint density at radius 2 is 1.79 bits per heavy atom. The largest absolute Gasteiger partial charge is 0.396 e. The standard InChI is InChI=1S/C25H36N2OS/c1-24(2)17-25(3,4)21-15-19(7-8-20(21)24)22-16-29-23(26-22)18-9-12-27(13-10-18)11-5-6-14-28/h7-8,15-16,18,28H,5-6,9-14,17H2,1-4H3. The van der Waals surface area contributed by atoms with Crippen LogP contribution in [0.4, 0.5) is 0 Å². The molecule has 158 valence electrons. The summed E-state index contributed by atoms with van der Waals surface area (Å²) in [5, 5.41) is 12.5. The first-order valence-electron chi connectivity index (χ1n) is 11.2. The molecule has 0 saturated carbocycles. The van der Waals surface area contributed by atoms with Crippen LogP contribution < -0.4 is 0 Å². The maximum Gasteiger partial charge on any atom is 0.0964 e. The van der Waals surface area contributed by atoms with E-state index in [1.54, 1.807) is 0 Å². The number of hydrogen-bond acceptors (Lipinski definition) is 4. The molecule has 4 rings (SSSR count). The van der Waals surface area contributed by atoms with Crippen molar-refractivity contribution in [1.29, 1.82) is 0 Å². The average Bonchev–Trinajstić information content (AvgIpc) is 3.24. The predicted molar refractivity (Wildman–Crippen MR) is 123 cm³/mol. The number of aromatic nitrogens is 1. The Hall–Kier alpha value is -1.23. The summed E-state index contributed by atoms with van der Waals surface area (Å²) in [4.78, 5) is 7.63. The second kappa shape index (κ2) is 8.13.